The first-order valence-corrected chi connectivity index (χ1v) is 9.91. The van der Waals surface area contributed by atoms with Crippen LogP contribution >= 0.6 is 11.8 Å². The Morgan fingerprint density at radius 3 is 2.74 bits per heavy atom. The summed E-state index contributed by atoms with van der Waals surface area (Å²) in [5, 5.41) is 2.93. The molecule has 4 rings (SSSR count). The molecule has 0 unspecified atom stereocenters. The number of nitrogens with zero attached hydrogens (tertiary/aromatic N) is 1. The number of hydrogen-bond donors (Lipinski definition) is 1. The normalized spacial score (nSPS) is 15.7. The minimum Gasteiger partial charge on any atom is -0.486 e. The molecule has 6 nitrogen and oxygen atoms in total. The summed E-state index contributed by atoms with van der Waals surface area (Å²) >= 11 is 1.43. The van der Waals surface area contributed by atoms with E-state index in [-0.39, 0.29) is 17.6 Å². The van der Waals surface area contributed by atoms with Gasteiger partial charge in [-0.15, -0.1) is 11.8 Å². The van der Waals surface area contributed by atoms with Crippen molar-refractivity contribution in [1.82, 2.24) is 0 Å². The molecule has 7 heteroatoms. The summed E-state index contributed by atoms with van der Waals surface area (Å²) < 4.78 is 11.1. The molecule has 0 aliphatic carbocycles. The Morgan fingerprint density at radius 1 is 1.11 bits per heavy atom. The van der Waals surface area contributed by atoms with Gasteiger partial charge in [-0.05, 0) is 36.8 Å². The maximum absolute atomic E-state index is 12.4. The number of rotatable bonds is 5. The average molecular weight is 384 g/mol. The third kappa shape index (κ3) is 4.03. The minimum atomic E-state index is -0.117. The van der Waals surface area contributed by atoms with E-state index in [0.29, 0.717) is 37.6 Å². The van der Waals surface area contributed by atoms with Crippen molar-refractivity contribution in [2.24, 2.45) is 0 Å². The van der Waals surface area contributed by atoms with Crippen molar-refractivity contribution in [3.63, 3.8) is 0 Å². The molecule has 2 heterocycles. The van der Waals surface area contributed by atoms with Gasteiger partial charge in [0.1, 0.15) is 13.2 Å². The number of amides is 2. The zero-order valence-electron chi connectivity index (χ0n) is 14.8. The van der Waals surface area contributed by atoms with Crippen molar-refractivity contribution in [2.45, 2.75) is 17.7 Å². The Kier molecular flexibility index (Phi) is 5.20. The van der Waals surface area contributed by atoms with E-state index in [1.807, 2.05) is 42.5 Å². The molecule has 2 aliphatic rings. The molecule has 0 radical (unpaired) electrons. The lowest BCUT2D eigenvalue weighted by Gasteiger charge is -2.20. The Balaban J connectivity index is 1.39. The van der Waals surface area contributed by atoms with Gasteiger partial charge < -0.3 is 19.7 Å². The van der Waals surface area contributed by atoms with E-state index >= 15 is 0 Å². The SMILES string of the molecule is O=C(CSc1ccc2c(c1)OCCO2)Nc1ccccc1N1CCCC1=O. The molecule has 1 N–H and O–H groups in total. The highest BCUT2D eigenvalue weighted by molar-refractivity contribution is 8.00. The molecule has 2 aliphatic heterocycles. The Bertz CT molecular complexity index is 871. The molecule has 2 aromatic rings. The van der Waals surface area contributed by atoms with E-state index in [1.54, 1.807) is 4.90 Å². The molecule has 0 bridgehead atoms. The molecule has 1 fully saturated rings. The van der Waals surface area contributed by atoms with Gasteiger partial charge in [0.15, 0.2) is 11.5 Å². The maximum atomic E-state index is 12.4. The lowest BCUT2D eigenvalue weighted by Crippen LogP contribution is -2.25. The van der Waals surface area contributed by atoms with Gasteiger partial charge in [0.05, 0.1) is 17.1 Å². The van der Waals surface area contributed by atoms with Crippen LogP contribution in [0.2, 0.25) is 0 Å². The molecule has 27 heavy (non-hydrogen) atoms. The molecule has 0 spiro atoms. The van der Waals surface area contributed by atoms with Crippen molar-refractivity contribution in [2.75, 3.05) is 35.7 Å². The van der Waals surface area contributed by atoms with Crippen LogP contribution < -0.4 is 19.7 Å². The molecule has 2 amide bonds. The fourth-order valence-electron chi connectivity index (χ4n) is 3.17. The standard InChI is InChI=1S/C20H20N2O4S/c23-19(13-27-14-7-8-17-18(12-14)26-11-10-25-17)21-15-4-1-2-5-16(15)22-9-3-6-20(22)24/h1-2,4-5,7-8,12H,3,6,9-11,13H2,(H,21,23). The van der Waals surface area contributed by atoms with E-state index in [1.165, 1.54) is 11.8 Å². The zero-order valence-corrected chi connectivity index (χ0v) is 15.6. The lowest BCUT2D eigenvalue weighted by molar-refractivity contribution is -0.117. The number of carbonyl (C=O) groups excluding carboxylic acids is 2. The summed E-state index contributed by atoms with van der Waals surface area (Å²) in [7, 11) is 0. The van der Waals surface area contributed by atoms with Gasteiger partial charge in [-0.1, -0.05) is 12.1 Å². The number of fused-ring (bicyclic) bond motifs is 1. The van der Waals surface area contributed by atoms with E-state index in [2.05, 4.69) is 5.32 Å². The number of hydrogen-bond acceptors (Lipinski definition) is 5. The van der Waals surface area contributed by atoms with E-state index in [9.17, 15) is 9.59 Å². The van der Waals surface area contributed by atoms with E-state index < -0.39 is 0 Å². The second-order valence-electron chi connectivity index (χ2n) is 6.31. The van der Waals surface area contributed by atoms with Gasteiger partial charge in [-0.25, -0.2) is 0 Å². The van der Waals surface area contributed by atoms with E-state index in [4.69, 9.17) is 9.47 Å². The Morgan fingerprint density at radius 2 is 1.93 bits per heavy atom. The molecule has 1 saturated heterocycles. The molecule has 0 aromatic heterocycles. The highest BCUT2D eigenvalue weighted by Crippen LogP contribution is 2.34. The van der Waals surface area contributed by atoms with Crippen LogP contribution in [-0.2, 0) is 9.59 Å². The fourth-order valence-corrected chi connectivity index (χ4v) is 3.89. The van der Waals surface area contributed by atoms with Crippen LogP contribution in [0.5, 0.6) is 11.5 Å². The first kappa shape index (κ1) is 17.7. The van der Waals surface area contributed by atoms with Gasteiger partial charge in [0.25, 0.3) is 0 Å². The first-order valence-electron chi connectivity index (χ1n) is 8.92. The van der Waals surface area contributed by atoms with Gasteiger partial charge >= 0.3 is 0 Å². The summed E-state index contributed by atoms with van der Waals surface area (Å²) in [6, 6.07) is 13.1. The highest BCUT2D eigenvalue weighted by atomic mass is 32.2. The second kappa shape index (κ2) is 7.92. The quantitative estimate of drug-likeness (QED) is 0.801. The van der Waals surface area contributed by atoms with Gasteiger partial charge in [-0.3, -0.25) is 9.59 Å². The highest BCUT2D eigenvalue weighted by Gasteiger charge is 2.24. The van der Waals surface area contributed by atoms with Crippen LogP contribution in [0.3, 0.4) is 0 Å². The van der Waals surface area contributed by atoms with Crippen LogP contribution in [0.1, 0.15) is 12.8 Å². The Labute approximate surface area is 161 Å². The molecule has 140 valence electrons. The molecule has 0 atom stereocenters. The van der Waals surface area contributed by atoms with Gasteiger partial charge in [-0.2, -0.15) is 0 Å². The van der Waals surface area contributed by atoms with Crippen LogP contribution in [0.25, 0.3) is 0 Å². The van der Waals surface area contributed by atoms with Crippen LogP contribution in [0.15, 0.2) is 47.4 Å². The van der Waals surface area contributed by atoms with Crippen molar-refractivity contribution in [1.29, 1.82) is 0 Å². The van der Waals surface area contributed by atoms with Crippen LogP contribution in [-0.4, -0.2) is 37.3 Å². The van der Waals surface area contributed by atoms with Crippen molar-refractivity contribution >= 4 is 35.0 Å². The van der Waals surface area contributed by atoms with Gasteiger partial charge in [0, 0.05) is 17.9 Å². The topological polar surface area (TPSA) is 67.9 Å². The number of anilines is 2. The van der Waals surface area contributed by atoms with Gasteiger partial charge in [0.2, 0.25) is 11.8 Å². The monoisotopic (exact) mass is 384 g/mol. The number of ether oxygens (including phenoxy) is 2. The van der Waals surface area contributed by atoms with Crippen molar-refractivity contribution in [3.8, 4) is 11.5 Å². The average Bonchev–Trinajstić information content (AvgIpc) is 3.12. The molecular formula is C20H20N2O4S. The molecule has 0 saturated carbocycles. The largest absolute Gasteiger partial charge is 0.486 e. The number of benzene rings is 2. The Hall–Kier alpha value is -2.67. The maximum Gasteiger partial charge on any atom is 0.234 e. The summed E-state index contributed by atoms with van der Waals surface area (Å²) in [4.78, 5) is 27.1. The number of para-hydroxylation sites is 2. The lowest BCUT2D eigenvalue weighted by atomic mass is 10.2. The summed E-state index contributed by atoms with van der Waals surface area (Å²) in [5.41, 5.74) is 1.43. The van der Waals surface area contributed by atoms with Crippen LogP contribution in [0, 0.1) is 0 Å². The predicted octanol–water partition coefficient (Wildman–Crippen LogP) is 3.32. The molecule has 2 aromatic carbocycles. The summed E-state index contributed by atoms with van der Waals surface area (Å²) in [6.45, 7) is 1.78. The fraction of sp³-hybridized carbons (Fsp3) is 0.300. The minimum absolute atomic E-state index is 0.0994. The number of thioether (sulfide) groups is 1. The summed E-state index contributed by atoms with van der Waals surface area (Å²) in [5.74, 6) is 1.70. The molecular weight excluding hydrogens is 364 g/mol. The van der Waals surface area contributed by atoms with E-state index in [0.717, 1.165) is 22.8 Å². The van der Waals surface area contributed by atoms with Crippen molar-refractivity contribution < 1.29 is 19.1 Å². The van der Waals surface area contributed by atoms with Crippen LogP contribution in [0.4, 0.5) is 11.4 Å². The van der Waals surface area contributed by atoms with Crippen molar-refractivity contribution in [3.05, 3.63) is 42.5 Å². The summed E-state index contributed by atoms with van der Waals surface area (Å²) in [6.07, 6.45) is 1.41. The third-order valence-corrected chi connectivity index (χ3v) is 5.42. The first-order chi connectivity index (χ1) is 13.2. The third-order valence-electron chi connectivity index (χ3n) is 4.43. The second-order valence-corrected chi connectivity index (χ2v) is 7.36. The number of carbonyl (C=O) groups is 2. The number of nitrogens with one attached hydrogen (secondary N) is 1. The smallest absolute Gasteiger partial charge is 0.234 e. The zero-order chi connectivity index (χ0) is 18.6. The predicted molar refractivity (Wildman–Crippen MR) is 105 cm³/mol.